The molecule has 2 aromatic heterocycles. The molecule has 4 atom stereocenters. The molecule has 1 fully saturated rings. The van der Waals surface area contributed by atoms with Gasteiger partial charge in [-0.15, -0.1) is 0 Å². The highest BCUT2D eigenvalue weighted by atomic mass is 35.5. The number of aliphatic hydroxyl groups is 1. The normalized spacial score (nSPS) is 22.5. The molecule has 42 heavy (non-hydrogen) atoms. The van der Waals surface area contributed by atoms with Crippen LogP contribution >= 0.6 is 11.6 Å². The molecule has 216 valence electrons. The Morgan fingerprint density at radius 1 is 0.881 bits per heavy atom. The van der Waals surface area contributed by atoms with Crippen LogP contribution in [0.3, 0.4) is 0 Å². The van der Waals surface area contributed by atoms with E-state index in [9.17, 15) is 5.11 Å². The molecule has 1 aliphatic heterocycles. The third-order valence-electron chi connectivity index (χ3n) is 8.05. The molecule has 8 nitrogen and oxygen atoms in total. The van der Waals surface area contributed by atoms with Gasteiger partial charge >= 0.3 is 0 Å². The van der Waals surface area contributed by atoms with Crippen LogP contribution in [0.15, 0.2) is 104 Å². The quantitative estimate of drug-likeness (QED) is 0.149. The lowest BCUT2D eigenvalue weighted by atomic mass is 9.91. The fraction of sp³-hybridized carbons (Fsp3) is 0.281. The summed E-state index contributed by atoms with van der Waals surface area (Å²) in [4.78, 5) is 12.8. The average molecular weight is 601 g/mol. The average Bonchev–Trinajstić information content (AvgIpc) is 3.59. The molecular weight excluding hydrogens is 568 g/mol. The first-order chi connectivity index (χ1) is 20.5. The smallest absolute Gasteiger partial charge is 0.288 e. The Morgan fingerprint density at radius 2 is 1.45 bits per heavy atom. The van der Waals surface area contributed by atoms with Gasteiger partial charge in [0.05, 0.1) is 12.9 Å². The summed E-state index contributed by atoms with van der Waals surface area (Å²) in [6, 6.07) is 31.1. The number of imidazole rings is 1. The lowest BCUT2D eigenvalue weighted by Gasteiger charge is -2.35. The Hall–Kier alpha value is -3.44. The number of benzene rings is 3. The molecule has 6 rings (SSSR count). The van der Waals surface area contributed by atoms with Gasteiger partial charge in [0, 0.05) is 6.61 Å². The molecule has 10 heteroatoms. The third kappa shape index (κ3) is 4.86. The lowest BCUT2D eigenvalue weighted by Crippen LogP contribution is -2.70. The number of aromatic nitrogens is 4. The van der Waals surface area contributed by atoms with E-state index in [1.165, 1.54) is 6.33 Å². The standard InChI is InChI=1S/C32H33ClN4O4Si/c1-3-32(38)28(39-4-2)26(41-31(32)37-22-36-27-29(33)34-21-35-30(27)37)20-40-42(23-14-8-5-9-15-23,24-16-10-6-11-17-24)25-18-12-7-13-19-25/h5-19,21-22,26,28,31,38H,3-4,20H2,1-2H3/t26-,28-,31-,32-/m1/s1. The monoisotopic (exact) mass is 600 g/mol. The van der Waals surface area contributed by atoms with Gasteiger partial charge in [-0.25, -0.2) is 15.0 Å². The van der Waals surface area contributed by atoms with Crippen molar-refractivity contribution in [1.29, 1.82) is 0 Å². The van der Waals surface area contributed by atoms with Crippen molar-refractivity contribution in [3.63, 3.8) is 0 Å². The third-order valence-corrected chi connectivity index (χ3v) is 12.4. The van der Waals surface area contributed by atoms with Crippen molar-refractivity contribution in [3.8, 4) is 0 Å². The molecule has 0 amide bonds. The summed E-state index contributed by atoms with van der Waals surface area (Å²) in [7, 11) is -3.01. The van der Waals surface area contributed by atoms with E-state index in [1.54, 1.807) is 10.9 Å². The van der Waals surface area contributed by atoms with Gasteiger partial charge in [0.25, 0.3) is 8.32 Å². The number of rotatable bonds is 10. The first kappa shape index (κ1) is 28.7. The molecular formula is C32H33ClN4O4Si. The van der Waals surface area contributed by atoms with Gasteiger partial charge in [0.15, 0.2) is 17.0 Å². The van der Waals surface area contributed by atoms with Crippen LogP contribution in [-0.2, 0) is 13.9 Å². The molecule has 1 N–H and O–H groups in total. The maximum absolute atomic E-state index is 12.2. The Morgan fingerprint density at radius 3 is 1.98 bits per heavy atom. The number of halogens is 1. The van der Waals surface area contributed by atoms with Gasteiger partial charge in [-0.3, -0.25) is 4.57 Å². The van der Waals surface area contributed by atoms with E-state index in [0.29, 0.717) is 24.2 Å². The Balaban J connectivity index is 1.43. The molecule has 0 radical (unpaired) electrons. The van der Waals surface area contributed by atoms with E-state index < -0.39 is 32.4 Å². The fourth-order valence-electron chi connectivity index (χ4n) is 6.03. The topological polar surface area (TPSA) is 91.5 Å². The van der Waals surface area contributed by atoms with Crippen LogP contribution in [0, 0.1) is 0 Å². The minimum atomic E-state index is -3.01. The number of hydrogen-bond donors (Lipinski definition) is 1. The van der Waals surface area contributed by atoms with E-state index >= 15 is 0 Å². The Kier molecular flexibility index (Phi) is 8.22. The molecule has 1 aliphatic rings. The van der Waals surface area contributed by atoms with Crippen LogP contribution in [0.2, 0.25) is 5.15 Å². The van der Waals surface area contributed by atoms with E-state index in [0.717, 1.165) is 15.6 Å². The van der Waals surface area contributed by atoms with E-state index in [1.807, 2.05) is 68.4 Å². The summed E-state index contributed by atoms with van der Waals surface area (Å²) < 4.78 is 21.8. The minimum absolute atomic E-state index is 0.191. The molecule has 0 saturated carbocycles. The molecule has 0 aliphatic carbocycles. The fourth-order valence-corrected chi connectivity index (χ4v) is 10.1. The van der Waals surface area contributed by atoms with Gasteiger partial charge in [0.2, 0.25) is 0 Å². The van der Waals surface area contributed by atoms with Gasteiger partial charge in [-0.1, -0.05) is 110 Å². The zero-order valence-electron chi connectivity index (χ0n) is 23.5. The molecule has 0 bridgehead atoms. The van der Waals surface area contributed by atoms with Crippen LogP contribution in [0.25, 0.3) is 11.2 Å². The van der Waals surface area contributed by atoms with E-state index in [-0.39, 0.29) is 11.8 Å². The van der Waals surface area contributed by atoms with E-state index in [4.69, 9.17) is 25.5 Å². The molecule has 0 unspecified atom stereocenters. The second kappa shape index (κ2) is 12.0. The first-order valence-electron chi connectivity index (χ1n) is 14.2. The van der Waals surface area contributed by atoms with Crippen LogP contribution in [-0.4, -0.2) is 64.0 Å². The molecule has 3 aromatic carbocycles. The van der Waals surface area contributed by atoms with Crippen molar-refractivity contribution in [2.75, 3.05) is 13.2 Å². The summed E-state index contributed by atoms with van der Waals surface area (Å²) in [5, 5.41) is 15.8. The first-order valence-corrected chi connectivity index (χ1v) is 16.4. The van der Waals surface area contributed by atoms with Crippen LogP contribution in [0.4, 0.5) is 0 Å². The van der Waals surface area contributed by atoms with Crippen molar-refractivity contribution in [2.24, 2.45) is 0 Å². The predicted molar refractivity (Wildman–Crippen MR) is 165 cm³/mol. The predicted octanol–water partition coefficient (Wildman–Crippen LogP) is 3.61. The van der Waals surface area contributed by atoms with Crippen molar-refractivity contribution in [2.45, 2.75) is 44.3 Å². The van der Waals surface area contributed by atoms with Crippen LogP contribution in [0.1, 0.15) is 26.5 Å². The van der Waals surface area contributed by atoms with Gasteiger partial charge < -0.3 is 19.0 Å². The van der Waals surface area contributed by atoms with Gasteiger partial charge in [-0.05, 0) is 28.9 Å². The maximum atomic E-state index is 12.2. The van der Waals surface area contributed by atoms with Crippen molar-refractivity contribution >= 4 is 46.6 Å². The largest absolute Gasteiger partial charge is 0.401 e. The highest BCUT2D eigenvalue weighted by molar-refractivity contribution is 7.07. The zero-order valence-corrected chi connectivity index (χ0v) is 25.3. The summed E-state index contributed by atoms with van der Waals surface area (Å²) in [5.41, 5.74) is -0.464. The van der Waals surface area contributed by atoms with Gasteiger partial charge in [-0.2, -0.15) is 0 Å². The number of ether oxygens (including phenoxy) is 2. The number of fused-ring (bicyclic) bond motifs is 1. The van der Waals surface area contributed by atoms with Crippen molar-refractivity contribution in [1.82, 2.24) is 19.5 Å². The second-order valence-corrected chi connectivity index (χ2v) is 14.1. The zero-order chi connectivity index (χ0) is 29.2. The number of nitrogens with zero attached hydrogens (tertiary/aromatic N) is 4. The summed E-state index contributed by atoms with van der Waals surface area (Å²) >= 11 is 6.29. The molecule has 1 saturated heterocycles. The lowest BCUT2D eigenvalue weighted by molar-refractivity contribution is -0.122. The van der Waals surface area contributed by atoms with Crippen molar-refractivity contribution in [3.05, 3.63) is 109 Å². The molecule has 5 aromatic rings. The molecule has 0 spiro atoms. The van der Waals surface area contributed by atoms with Crippen LogP contribution in [0.5, 0.6) is 0 Å². The second-order valence-electron chi connectivity index (χ2n) is 10.3. The van der Waals surface area contributed by atoms with Crippen LogP contribution < -0.4 is 15.6 Å². The summed E-state index contributed by atoms with van der Waals surface area (Å²) in [6.45, 7) is 4.43. The Bertz CT molecular complexity index is 1530. The summed E-state index contributed by atoms with van der Waals surface area (Å²) in [6.07, 6.45) is 1.25. The van der Waals surface area contributed by atoms with E-state index in [2.05, 4.69) is 51.4 Å². The van der Waals surface area contributed by atoms with Crippen molar-refractivity contribution < 1.29 is 19.0 Å². The summed E-state index contributed by atoms with van der Waals surface area (Å²) in [5.74, 6) is 0. The minimum Gasteiger partial charge on any atom is -0.401 e. The highest BCUT2D eigenvalue weighted by Crippen LogP contribution is 2.44. The maximum Gasteiger partial charge on any atom is 0.288 e. The highest BCUT2D eigenvalue weighted by Gasteiger charge is 2.57. The molecule has 3 heterocycles. The Labute approximate surface area is 251 Å². The SMILES string of the molecule is CCO[C@@H]1[C@@H](CO[Si](c2ccccc2)(c2ccccc2)c2ccccc2)O[C@@H](n2cnc3c(Cl)ncnc32)[C@@]1(O)CC. The number of hydrogen-bond acceptors (Lipinski definition) is 7. The van der Waals surface area contributed by atoms with Gasteiger partial charge in [0.1, 0.15) is 29.7 Å².